The Labute approximate surface area is 188 Å². The van der Waals surface area contributed by atoms with E-state index < -0.39 is 0 Å². The van der Waals surface area contributed by atoms with E-state index in [-0.39, 0.29) is 0 Å². The van der Waals surface area contributed by atoms with Gasteiger partial charge in [-0.2, -0.15) is 0 Å². The molecule has 8 fully saturated rings. The van der Waals surface area contributed by atoms with Gasteiger partial charge < -0.3 is 0 Å². The van der Waals surface area contributed by atoms with Gasteiger partial charge in [0.25, 0.3) is 0 Å². The molecule has 6 bridgehead atoms. The third-order valence-electron chi connectivity index (χ3n) is 12.5. The zero-order chi connectivity index (χ0) is 19.7. The van der Waals surface area contributed by atoms with E-state index in [9.17, 15) is 0 Å². The molecule has 0 nitrogen and oxygen atoms in total. The lowest BCUT2D eigenvalue weighted by Gasteiger charge is -2.57. The van der Waals surface area contributed by atoms with E-state index in [2.05, 4.69) is 0 Å². The molecule has 0 amide bonds. The third kappa shape index (κ3) is 3.09. The van der Waals surface area contributed by atoms with E-state index in [0.29, 0.717) is 7.92 Å². The molecule has 166 valence electrons. The molecule has 6 aliphatic carbocycles. The van der Waals surface area contributed by atoms with Crippen molar-refractivity contribution in [3.05, 3.63) is 0 Å². The molecule has 1 spiro atoms. The first-order valence-corrected chi connectivity index (χ1v) is 16.2. The number of rotatable bonds is 8. The van der Waals surface area contributed by atoms with Crippen LogP contribution in [-0.2, 0) is 0 Å². The van der Waals surface area contributed by atoms with Gasteiger partial charge in [0, 0.05) is 0 Å². The summed E-state index contributed by atoms with van der Waals surface area (Å²) < 4.78 is 0. The maximum atomic E-state index is 1.72. The molecular weight excluding hydrogens is 378 g/mol. The molecule has 2 heterocycles. The molecular formula is C28H46BP. The van der Waals surface area contributed by atoms with Crippen molar-refractivity contribution in [3.63, 3.8) is 0 Å². The Kier molecular flexibility index (Phi) is 5.16. The number of hydrogen-bond acceptors (Lipinski definition) is 0. The van der Waals surface area contributed by atoms with Crippen LogP contribution in [0.4, 0.5) is 0 Å². The summed E-state index contributed by atoms with van der Waals surface area (Å²) in [5, 5.41) is 0. The largest absolute Gasteiger partial charge is 0.146 e. The highest BCUT2D eigenvalue weighted by molar-refractivity contribution is 7.59. The van der Waals surface area contributed by atoms with E-state index in [1.54, 1.807) is 122 Å². The Balaban J connectivity index is 0.950. The summed E-state index contributed by atoms with van der Waals surface area (Å²) in [6.07, 6.45) is 30.8. The predicted molar refractivity (Wildman–Crippen MR) is 132 cm³/mol. The first-order valence-electron chi connectivity index (χ1n) is 14.6. The SMILES string of the molecule is C(CCB1C2CCCC1CCC2)CCP(C1CC2CCC1C2)C1CC23CCC2C1C3. The van der Waals surface area contributed by atoms with Gasteiger partial charge in [0.2, 0.25) is 0 Å². The third-order valence-corrected chi connectivity index (χ3v) is 16.3. The second-order valence-corrected chi connectivity index (χ2v) is 16.3. The van der Waals surface area contributed by atoms with Gasteiger partial charge in [-0.1, -0.05) is 83.7 Å². The van der Waals surface area contributed by atoms with Gasteiger partial charge in [-0.15, -0.1) is 0 Å². The lowest BCUT2D eigenvalue weighted by molar-refractivity contribution is -0.0709. The highest BCUT2D eigenvalue weighted by Gasteiger charge is 2.69. The fourth-order valence-corrected chi connectivity index (χ4v) is 15.6. The quantitative estimate of drug-likeness (QED) is 0.208. The molecule has 2 saturated heterocycles. The van der Waals surface area contributed by atoms with Crippen LogP contribution >= 0.6 is 7.92 Å². The van der Waals surface area contributed by atoms with Crippen LogP contribution in [0.3, 0.4) is 0 Å². The predicted octanol–water partition coefficient (Wildman–Crippen LogP) is 8.62. The molecule has 2 heteroatoms. The Morgan fingerprint density at radius 1 is 0.767 bits per heavy atom. The summed E-state index contributed by atoms with van der Waals surface area (Å²) in [7, 11) is 0.366. The van der Waals surface area contributed by atoms with E-state index in [1.807, 2.05) is 0 Å². The first kappa shape index (κ1) is 19.9. The van der Waals surface area contributed by atoms with Crippen LogP contribution in [0.1, 0.15) is 109 Å². The molecule has 0 N–H and O–H groups in total. The highest BCUT2D eigenvalue weighted by atomic mass is 31.1. The van der Waals surface area contributed by atoms with Gasteiger partial charge in [-0.25, -0.2) is 0 Å². The van der Waals surface area contributed by atoms with Crippen LogP contribution in [0, 0.1) is 29.1 Å². The number of fused-ring (bicyclic) bond motifs is 5. The summed E-state index contributed by atoms with van der Waals surface area (Å²) >= 11 is 0. The molecule has 6 saturated carbocycles. The lowest BCUT2D eigenvalue weighted by atomic mass is 9.26. The second-order valence-electron chi connectivity index (χ2n) is 13.5. The smallest absolute Gasteiger partial charge is 0.0997 e. The summed E-state index contributed by atoms with van der Waals surface area (Å²) in [6, 6.07) is 0. The van der Waals surface area contributed by atoms with Crippen molar-refractivity contribution in [2.45, 2.75) is 138 Å². The normalized spacial score (nSPS) is 51.4. The van der Waals surface area contributed by atoms with Crippen molar-refractivity contribution in [1.82, 2.24) is 0 Å². The zero-order valence-electron chi connectivity index (χ0n) is 19.6. The molecule has 8 atom stereocenters. The van der Waals surface area contributed by atoms with E-state index in [0.717, 1.165) is 23.8 Å². The van der Waals surface area contributed by atoms with E-state index in [4.69, 9.17) is 0 Å². The maximum absolute atomic E-state index is 1.72. The standard InChI is InChI=1S/C28H46BP/c1(2-14-29-22-6-4-7-23(29)9-5-8-22)3-15-30(26-17-20-10-11-21(26)16-20)27-19-28-13-12-25(28)24(27)18-28/h20-27H,1-19H2. The zero-order valence-corrected chi connectivity index (χ0v) is 20.5. The monoisotopic (exact) mass is 424 g/mol. The molecule has 0 aromatic rings. The van der Waals surface area contributed by atoms with Crippen molar-refractivity contribution in [1.29, 1.82) is 0 Å². The van der Waals surface area contributed by atoms with Gasteiger partial charge in [0.05, 0.1) is 0 Å². The fraction of sp³-hybridized carbons (Fsp3) is 1.00. The minimum absolute atomic E-state index is 0.366. The van der Waals surface area contributed by atoms with Crippen molar-refractivity contribution in [2.24, 2.45) is 29.1 Å². The summed E-state index contributed by atoms with van der Waals surface area (Å²) in [6.45, 7) is 1.15. The fourth-order valence-electron chi connectivity index (χ4n) is 11.1. The van der Waals surface area contributed by atoms with Crippen molar-refractivity contribution < 1.29 is 0 Å². The van der Waals surface area contributed by atoms with Crippen molar-refractivity contribution >= 4 is 14.6 Å². The summed E-state index contributed by atoms with van der Waals surface area (Å²) in [5.41, 5.74) is 3.41. The van der Waals surface area contributed by atoms with Crippen molar-refractivity contribution in [3.8, 4) is 0 Å². The molecule has 8 rings (SSSR count). The first-order chi connectivity index (χ1) is 14.8. The van der Waals surface area contributed by atoms with Gasteiger partial charge in [-0.3, -0.25) is 0 Å². The van der Waals surface area contributed by atoms with Crippen LogP contribution in [0.5, 0.6) is 0 Å². The molecule has 2 aliphatic heterocycles. The molecule has 0 aromatic carbocycles. The van der Waals surface area contributed by atoms with E-state index >= 15 is 0 Å². The average Bonchev–Trinajstić information content (AvgIpc) is 3.49. The van der Waals surface area contributed by atoms with E-state index in [1.165, 1.54) is 35.0 Å². The Morgan fingerprint density at radius 2 is 1.60 bits per heavy atom. The van der Waals surface area contributed by atoms with Gasteiger partial charge in [0.15, 0.2) is 0 Å². The van der Waals surface area contributed by atoms with Gasteiger partial charge in [-0.05, 0) is 97.9 Å². The van der Waals surface area contributed by atoms with Crippen molar-refractivity contribution in [2.75, 3.05) is 6.16 Å². The second kappa shape index (κ2) is 7.78. The summed E-state index contributed by atoms with van der Waals surface area (Å²) in [5.74, 6) is 7.10. The Bertz CT molecular complexity index is 627. The topological polar surface area (TPSA) is 0 Å². The molecule has 30 heavy (non-hydrogen) atoms. The molecule has 0 aromatic heterocycles. The maximum Gasteiger partial charge on any atom is 0.146 e. The highest BCUT2D eigenvalue weighted by Crippen LogP contribution is 2.80. The summed E-state index contributed by atoms with van der Waals surface area (Å²) in [4.78, 5) is 0. The average molecular weight is 424 g/mol. The van der Waals surface area contributed by atoms with Crippen LogP contribution < -0.4 is 0 Å². The molecule has 8 aliphatic rings. The minimum atomic E-state index is 0.366. The molecule has 0 radical (unpaired) electrons. The van der Waals surface area contributed by atoms with Gasteiger partial charge in [0.1, 0.15) is 6.71 Å². The lowest BCUT2D eigenvalue weighted by Crippen LogP contribution is -2.49. The Morgan fingerprint density at radius 3 is 2.17 bits per heavy atom. The Hall–Kier alpha value is 0.495. The van der Waals surface area contributed by atoms with Crippen LogP contribution in [0.15, 0.2) is 0 Å². The van der Waals surface area contributed by atoms with Crippen LogP contribution in [0.25, 0.3) is 0 Å². The molecule has 8 unspecified atom stereocenters. The van der Waals surface area contributed by atoms with Crippen LogP contribution in [-0.4, -0.2) is 24.2 Å². The number of unbranched alkanes of at least 4 members (excludes halogenated alkanes) is 2. The van der Waals surface area contributed by atoms with Gasteiger partial charge >= 0.3 is 0 Å². The minimum Gasteiger partial charge on any atom is -0.0997 e. The van der Waals surface area contributed by atoms with Crippen LogP contribution in [0.2, 0.25) is 18.0 Å². The number of hydrogen-bond donors (Lipinski definition) is 0.